The Kier molecular flexibility index (Phi) is 5.88. The van der Waals surface area contributed by atoms with Crippen LogP contribution in [0, 0.1) is 6.92 Å². The highest BCUT2D eigenvalue weighted by Gasteiger charge is 2.15. The highest BCUT2D eigenvalue weighted by Crippen LogP contribution is 2.32. The van der Waals surface area contributed by atoms with E-state index in [4.69, 9.17) is 15.5 Å². The first-order valence-corrected chi connectivity index (χ1v) is 10.2. The molecule has 0 fully saturated rings. The number of thiazole rings is 2. The minimum absolute atomic E-state index is 0.0202. The number of hydrogen-bond acceptors (Lipinski definition) is 7. The van der Waals surface area contributed by atoms with Crippen molar-refractivity contribution in [2.24, 2.45) is 5.73 Å². The predicted molar refractivity (Wildman–Crippen MR) is 107 cm³/mol. The number of rotatable bonds is 7. The molecule has 0 saturated heterocycles. The van der Waals surface area contributed by atoms with Crippen molar-refractivity contribution in [2.45, 2.75) is 39.9 Å². The van der Waals surface area contributed by atoms with Gasteiger partial charge in [-0.25, -0.2) is 9.97 Å². The Labute approximate surface area is 165 Å². The number of hydrogen-bond donors (Lipinski definition) is 2. The Balaban J connectivity index is 1.90. The zero-order valence-electron chi connectivity index (χ0n) is 15.4. The van der Waals surface area contributed by atoms with E-state index >= 15 is 0 Å². The zero-order valence-corrected chi connectivity index (χ0v) is 17.0. The van der Waals surface area contributed by atoms with Crippen LogP contribution in [0.3, 0.4) is 0 Å². The average Bonchev–Trinajstić information content (AvgIpc) is 3.22. The summed E-state index contributed by atoms with van der Waals surface area (Å²) < 4.78 is 5.87. The number of ether oxygens (including phenoxy) is 1. The lowest BCUT2D eigenvalue weighted by molar-refractivity contribution is 0.1000. The smallest absolute Gasteiger partial charge is 0.248 e. The molecule has 0 spiro atoms. The van der Waals surface area contributed by atoms with Crippen molar-refractivity contribution in [2.75, 3.05) is 0 Å². The number of aliphatic hydroxyl groups excluding tert-OH is 1. The van der Waals surface area contributed by atoms with Gasteiger partial charge in [0.1, 0.15) is 10.8 Å². The average molecular weight is 404 g/mol. The molecule has 1 aromatic carbocycles. The molecule has 1 amide bonds. The van der Waals surface area contributed by atoms with Gasteiger partial charge in [-0.2, -0.15) is 0 Å². The molecule has 0 aliphatic carbocycles. The number of carbonyl (C=O) groups excluding carboxylic acids is 1. The molecule has 0 bridgehead atoms. The number of aromatic nitrogens is 2. The minimum Gasteiger partial charge on any atom is -0.491 e. The first-order chi connectivity index (χ1) is 12.9. The van der Waals surface area contributed by atoms with Gasteiger partial charge < -0.3 is 15.6 Å². The summed E-state index contributed by atoms with van der Waals surface area (Å²) in [7, 11) is 0. The molecular weight excluding hydrogens is 382 g/mol. The van der Waals surface area contributed by atoms with E-state index < -0.39 is 5.91 Å². The fourth-order valence-electron chi connectivity index (χ4n) is 2.66. The van der Waals surface area contributed by atoms with Crippen LogP contribution in [0.5, 0.6) is 5.75 Å². The summed E-state index contributed by atoms with van der Waals surface area (Å²) in [6.07, 6.45) is 0.560. The van der Waals surface area contributed by atoms with Crippen LogP contribution < -0.4 is 10.5 Å². The summed E-state index contributed by atoms with van der Waals surface area (Å²) in [5, 5.41) is 12.8. The molecule has 8 heteroatoms. The van der Waals surface area contributed by atoms with Gasteiger partial charge in [0, 0.05) is 22.9 Å². The number of primary amides is 1. The molecule has 142 valence electrons. The topological polar surface area (TPSA) is 98.3 Å². The van der Waals surface area contributed by atoms with Crippen LogP contribution >= 0.6 is 22.7 Å². The lowest BCUT2D eigenvalue weighted by Gasteiger charge is -2.14. The van der Waals surface area contributed by atoms with E-state index in [9.17, 15) is 9.90 Å². The number of benzene rings is 1. The quantitative estimate of drug-likeness (QED) is 0.629. The standard InChI is InChI=1S/C19H21N3O3S2/c1-10(2)25-15-5-4-12(19(20)24)6-13(15)7-16-22-14(9-26-16)18-11(3)21-17(8-23)27-18/h4-6,9-10,23H,7-8H2,1-3H3,(H2,20,24). The van der Waals surface area contributed by atoms with Gasteiger partial charge in [0.25, 0.3) is 0 Å². The molecule has 27 heavy (non-hydrogen) atoms. The van der Waals surface area contributed by atoms with Crippen LogP contribution in [0.4, 0.5) is 0 Å². The number of nitrogens with zero attached hydrogens (tertiary/aromatic N) is 2. The largest absolute Gasteiger partial charge is 0.491 e. The molecule has 3 N–H and O–H groups in total. The van der Waals surface area contributed by atoms with E-state index in [1.54, 1.807) is 29.5 Å². The Morgan fingerprint density at radius 2 is 2.07 bits per heavy atom. The van der Waals surface area contributed by atoms with E-state index in [2.05, 4.69) is 4.98 Å². The summed E-state index contributed by atoms with van der Waals surface area (Å²) in [5.74, 6) is 0.257. The van der Waals surface area contributed by atoms with Crippen LogP contribution in [0.2, 0.25) is 0 Å². The fourth-order valence-corrected chi connectivity index (χ4v) is 4.42. The van der Waals surface area contributed by atoms with Crippen LogP contribution in [-0.2, 0) is 13.0 Å². The fraction of sp³-hybridized carbons (Fsp3) is 0.316. The van der Waals surface area contributed by atoms with Gasteiger partial charge in [0.05, 0.1) is 34.0 Å². The van der Waals surface area contributed by atoms with E-state index in [1.807, 2.05) is 26.2 Å². The molecule has 0 unspecified atom stereocenters. The molecule has 0 radical (unpaired) electrons. The molecule has 2 aromatic heterocycles. The zero-order chi connectivity index (χ0) is 19.6. The minimum atomic E-state index is -0.469. The van der Waals surface area contributed by atoms with E-state index in [1.165, 1.54) is 11.3 Å². The Morgan fingerprint density at radius 3 is 2.70 bits per heavy atom. The van der Waals surface area contributed by atoms with Crippen molar-refractivity contribution >= 4 is 28.6 Å². The summed E-state index contributed by atoms with van der Waals surface area (Å²) >= 11 is 2.99. The third kappa shape index (κ3) is 4.52. The molecule has 6 nitrogen and oxygen atoms in total. The van der Waals surface area contributed by atoms with Gasteiger partial charge in [-0.15, -0.1) is 22.7 Å². The van der Waals surface area contributed by atoms with Gasteiger partial charge in [-0.1, -0.05) is 0 Å². The highest BCUT2D eigenvalue weighted by molar-refractivity contribution is 7.16. The maximum atomic E-state index is 11.5. The number of nitrogens with two attached hydrogens (primary N) is 1. The Hall–Kier alpha value is -2.29. The summed E-state index contributed by atoms with van der Waals surface area (Å²) in [4.78, 5) is 21.6. The van der Waals surface area contributed by atoms with Gasteiger partial charge in [-0.3, -0.25) is 4.79 Å². The summed E-state index contributed by atoms with van der Waals surface area (Å²) in [5.41, 5.74) is 8.45. The number of aryl methyl sites for hydroxylation is 1. The first-order valence-electron chi connectivity index (χ1n) is 8.48. The maximum absolute atomic E-state index is 11.5. The van der Waals surface area contributed by atoms with Crippen molar-refractivity contribution in [1.29, 1.82) is 0 Å². The molecule has 3 aromatic rings. The van der Waals surface area contributed by atoms with Crippen LogP contribution in [-0.4, -0.2) is 27.1 Å². The van der Waals surface area contributed by atoms with E-state index in [0.29, 0.717) is 17.0 Å². The van der Waals surface area contributed by atoms with E-state index in [0.717, 1.165) is 32.6 Å². The third-order valence-corrected chi connectivity index (χ3v) is 5.82. The number of carbonyl (C=O) groups is 1. The second kappa shape index (κ2) is 8.16. The number of aliphatic hydroxyl groups is 1. The predicted octanol–water partition coefficient (Wildman–Crippen LogP) is 3.54. The van der Waals surface area contributed by atoms with Crippen LogP contribution in [0.25, 0.3) is 10.6 Å². The SMILES string of the molecule is Cc1nc(CO)sc1-c1csc(Cc2cc(C(N)=O)ccc2OC(C)C)n1. The lowest BCUT2D eigenvalue weighted by atomic mass is 10.1. The van der Waals surface area contributed by atoms with Gasteiger partial charge in [0.15, 0.2) is 0 Å². The second-order valence-corrected chi connectivity index (χ2v) is 8.36. The van der Waals surface area contributed by atoms with Crippen molar-refractivity contribution in [3.05, 3.63) is 50.4 Å². The molecule has 0 aliphatic rings. The third-order valence-electron chi connectivity index (χ3n) is 3.81. The van der Waals surface area contributed by atoms with Crippen LogP contribution in [0.1, 0.15) is 45.5 Å². The van der Waals surface area contributed by atoms with Crippen molar-refractivity contribution in [3.63, 3.8) is 0 Å². The molecular formula is C19H21N3O3S2. The molecule has 2 heterocycles. The Morgan fingerprint density at radius 1 is 1.30 bits per heavy atom. The number of amides is 1. The van der Waals surface area contributed by atoms with Crippen molar-refractivity contribution < 1.29 is 14.6 Å². The molecule has 3 rings (SSSR count). The van der Waals surface area contributed by atoms with Crippen molar-refractivity contribution in [1.82, 2.24) is 9.97 Å². The summed E-state index contributed by atoms with van der Waals surface area (Å²) in [6.45, 7) is 5.75. The molecule has 0 aliphatic heterocycles. The Bertz CT molecular complexity index is 963. The second-order valence-electron chi connectivity index (χ2n) is 6.34. The van der Waals surface area contributed by atoms with Gasteiger partial charge in [0.2, 0.25) is 5.91 Å². The monoisotopic (exact) mass is 403 g/mol. The molecule has 0 saturated carbocycles. The lowest BCUT2D eigenvalue weighted by Crippen LogP contribution is -2.13. The van der Waals surface area contributed by atoms with Gasteiger partial charge >= 0.3 is 0 Å². The highest BCUT2D eigenvalue weighted by atomic mass is 32.1. The van der Waals surface area contributed by atoms with Crippen LogP contribution in [0.15, 0.2) is 23.6 Å². The maximum Gasteiger partial charge on any atom is 0.248 e. The van der Waals surface area contributed by atoms with Gasteiger partial charge in [-0.05, 0) is 39.0 Å². The first kappa shape index (κ1) is 19.5. The van der Waals surface area contributed by atoms with E-state index in [-0.39, 0.29) is 12.7 Å². The molecule has 0 atom stereocenters. The summed E-state index contributed by atoms with van der Waals surface area (Å²) in [6, 6.07) is 5.22. The normalized spacial score (nSPS) is 11.1. The van der Waals surface area contributed by atoms with Crippen molar-refractivity contribution in [3.8, 4) is 16.3 Å².